The summed E-state index contributed by atoms with van der Waals surface area (Å²) >= 11 is 0. The lowest BCUT2D eigenvalue weighted by Gasteiger charge is -2.20. The second kappa shape index (κ2) is 6.85. The van der Waals surface area contributed by atoms with Crippen molar-refractivity contribution >= 4 is 5.78 Å². The molecule has 0 bridgehead atoms. The van der Waals surface area contributed by atoms with Gasteiger partial charge in [-0.05, 0) is 12.6 Å². The minimum atomic E-state index is -0.500. The molecule has 17 heavy (non-hydrogen) atoms. The minimum absolute atomic E-state index is 0.0765. The molecule has 0 aromatic heterocycles. The van der Waals surface area contributed by atoms with Crippen LogP contribution in [0.1, 0.15) is 12.0 Å². The fourth-order valence-electron chi connectivity index (χ4n) is 1.63. The molecular weight excluding hydrogens is 212 g/mol. The zero-order valence-corrected chi connectivity index (χ0v) is 10.1. The van der Waals surface area contributed by atoms with Gasteiger partial charge in [0.25, 0.3) is 0 Å². The summed E-state index contributed by atoms with van der Waals surface area (Å²) in [6.07, 6.45) is 5.19. The van der Waals surface area contributed by atoms with E-state index in [1.165, 1.54) is 5.56 Å². The standard InChI is InChI=1S/C14H18N2O/c1-3-7-14(17)13(15)11-16(2)10-12-8-5-4-6-9-12/h1,4-6,8-9,13H,7,10-11,15H2,2H3. The summed E-state index contributed by atoms with van der Waals surface area (Å²) in [5, 5.41) is 0. The first-order valence-corrected chi connectivity index (χ1v) is 5.57. The van der Waals surface area contributed by atoms with Gasteiger partial charge in [-0.2, -0.15) is 0 Å². The number of nitrogens with two attached hydrogens (primary N) is 1. The Morgan fingerprint density at radius 1 is 1.47 bits per heavy atom. The molecule has 90 valence electrons. The predicted molar refractivity (Wildman–Crippen MR) is 69.2 cm³/mol. The molecule has 0 radical (unpaired) electrons. The van der Waals surface area contributed by atoms with Gasteiger partial charge in [-0.1, -0.05) is 36.3 Å². The summed E-state index contributed by atoms with van der Waals surface area (Å²) in [6.45, 7) is 1.30. The summed E-state index contributed by atoms with van der Waals surface area (Å²) in [7, 11) is 1.94. The number of benzene rings is 1. The maximum Gasteiger partial charge on any atom is 0.162 e. The highest BCUT2D eigenvalue weighted by atomic mass is 16.1. The maximum absolute atomic E-state index is 11.4. The summed E-state index contributed by atoms with van der Waals surface area (Å²) in [6, 6.07) is 9.56. The van der Waals surface area contributed by atoms with Gasteiger partial charge >= 0.3 is 0 Å². The van der Waals surface area contributed by atoms with E-state index in [2.05, 4.69) is 5.92 Å². The Bertz CT molecular complexity index is 394. The number of nitrogens with zero attached hydrogens (tertiary/aromatic N) is 1. The molecular formula is C14H18N2O. The number of rotatable bonds is 6. The first-order valence-electron chi connectivity index (χ1n) is 5.57. The van der Waals surface area contributed by atoms with Crippen LogP contribution in [0.4, 0.5) is 0 Å². The number of likely N-dealkylation sites (N-methyl/N-ethyl adjacent to an activating group) is 1. The molecule has 0 spiro atoms. The molecule has 0 fully saturated rings. The molecule has 1 atom stereocenters. The Morgan fingerprint density at radius 2 is 2.12 bits per heavy atom. The quantitative estimate of drug-likeness (QED) is 0.743. The highest BCUT2D eigenvalue weighted by Crippen LogP contribution is 2.03. The van der Waals surface area contributed by atoms with Crippen molar-refractivity contribution in [3.05, 3.63) is 35.9 Å². The van der Waals surface area contributed by atoms with Crippen molar-refractivity contribution in [1.82, 2.24) is 4.90 Å². The third kappa shape index (κ3) is 4.81. The Labute approximate surface area is 103 Å². The van der Waals surface area contributed by atoms with Crippen molar-refractivity contribution in [3.63, 3.8) is 0 Å². The van der Waals surface area contributed by atoms with Crippen LogP contribution in [0, 0.1) is 12.3 Å². The molecule has 1 aromatic rings. The molecule has 3 heteroatoms. The first kappa shape index (κ1) is 13.4. The van der Waals surface area contributed by atoms with Crippen molar-refractivity contribution < 1.29 is 4.79 Å². The molecule has 1 aromatic carbocycles. The van der Waals surface area contributed by atoms with Crippen molar-refractivity contribution in [2.45, 2.75) is 19.0 Å². The molecule has 3 nitrogen and oxygen atoms in total. The minimum Gasteiger partial charge on any atom is -0.320 e. The Kier molecular flexibility index (Phi) is 5.41. The summed E-state index contributed by atoms with van der Waals surface area (Å²) in [5.74, 6) is 2.25. The lowest BCUT2D eigenvalue weighted by atomic mass is 10.1. The number of Topliss-reactive ketones (excluding diaryl/α,β-unsaturated/α-hetero) is 1. The van der Waals surface area contributed by atoms with Crippen LogP contribution in [-0.4, -0.2) is 30.3 Å². The average molecular weight is 230 g/mol. The zero-order chi connectivity index (χ0) is 12.7. The third-order valence-corrected chi connectivity index (χ3v) is 2.49. The summed E-state index contributed by atoms with van der Waals surface area (Å²) in [5.41, 5.74) is 6.97. The van der Waals surface area contributed by atoms with E-state index in [1.807, 2.05) is 42.3 Å². The molecule has 2 N–H and O–H groups in total. The van der Waals surface area contributed by atoms with Gasteiger partial charge in [0.15, 0.2) is 5.78 Å². The molecule has 0 saturated carbocycles. The van der Waals surface area contributed by atoms with E-state index in [-0.39, 0.29) is 12.2 Å². The fraction of sp³-hybridized carbons (Fsp3) is 0.357. The fourth-order valence-corrected chi connectivity index (χ4v) is 1.63. The molecule has 0 saturated heterocycles. The van der Waals surface area contributed by atoms with Crippen molar-refractivity contribution in [2.24, 2.45) is 5.73 Å². The van der Waals surface area contributed by atoms with E-state index >= 15 is 0 Å². The van der Waals surface area contributed by atoms with Gasteiger partial charge in [0.1, 0.15) is 0 Å². The topological polar surface area (TPSA) is 46.3 Å². The third-order valence-electron chi connectivity index (χ3n) is 2.49. The van der Waals surface area contributed by atoms with Crippen LogP contribution in [-0.2, 0) is 11.3 Å². The monoisotopic (exact) mass is 230 g/mol. The number of hydrogen-bond donors (Lipinski definition) is 1. The summed E-state index contributed by atoms with van der Waals surface area (Å²) in [4.78, 5) is 13.5. The van der Waals surface area contributed by atoms with Crippen LogP contribution in [0.3, 0.4) is 0 Å². The van der Waals surface area contributed by atoms with Gasteiger partial charge in [0, 0.05) is 13.1 Å². The van der Waals surface area contributed by atoms with E-state index in [0.29, 0.717) is 6.54 Å². The van der Waals surface area contributed by atoms with Crippen LogP contribution in [0.25, 0.3) is 0 Å². The van der Waals surface area contributed by atoms with Crippen molar-refractivity contribution in [1.29, 1.82) is 0 Å². The van der Waals surface area contributed by atoms with Gasteiger partial charge in [-0.25, -0.2) is 0 Å². The molecule has 0 aliphatic heterocycles. The van der Waals surface area contributed by atoms with Crippen molar-refractivity contribution in [2.75, 3.05) is 13.6 Å². The van der Waals surface area contributed by atoms with Crippen LogP contribution in [0.5, 0.6) is 0 Å². The lowest BCUT2D eigenvalue weighted by molar-refractivity contribution is -0.119. The average Bonchev–Trinajstić information content (AvgIpc) is 2.30. The number of terminal acetylenes is 1. The van der Waals surface area contributed by atoms with Crippen LogP contribution in [0.2, 0.25) is 0 Å². The van der Waals surface area contributed by atoms with Crippen molar-refractivity contribution in [3.8, 4) is 12.3 Å². The van der Waals surface area contributed by atoms with Crippen LogP contribution in [0.15, 0.2) is 30.3 Å². The normalized spacial score (nSPS) is 12.1. The smallest absolute Gasteiger partial charge is 0.162 e. The van der Waals surface area contributed by atoms with E-state index in [4.69, 9.17) is 12.2 Å². The van der Waals surface area contributed by atoms with Gasteiger partial charge in [0.05, 0.1) is 12.5 Å². The Hall–Kier alpha value is -1.63. The van der Waals surface area contributed by atoms with Crippen LogP contribution < -0.4 is 5.73 Å². The highest BCUT2D eigenvalue weighted by Gasteiger charge is 2.14. The predicted octanol–water partition coefficient (Wildman–Crippen LogP) is 1.04. The molecule has 0 aliphatic rings. The largest absolute Gasteiger partial charge is 0.320 e. The molecule has 0 aliphatic carbocycles. The number of carbonyl (C=O) groups excluding carboxylic acids is 1. The van der Waals surface area contributed by atoms with Gasteiger partial charge < -0.3 is 10.6 Å². The molecule has 0 amide bonds. The second-order valence-electron chi connectivity index (χ2n) is 4.14. The highest BCUT2D eigenvalue weighted by molar-refractivity contribution is 5.85. The zero-order valence-electron chi connectivity index (χ0n) is 10.1. The summed E-state index contributed by atoms with van der Waals surface area (Å²) < 4.78 is 0. The van der Waals surface area contributed by atoms with Gasteiger partial charge in [-0.15, -0.1) is 6.42 Å². The SMILES string of the molecule is C#CCC(=O)C(N)CN(C)Cc1ccccc1. The van der Waals surface area contributed by atoms with E-state index in [0.717, 1.165) is 6.54 Å². The number of hydrogen-bond acceptors (Lipinski definition) is 3. The number of carbonyl (C=O) groups is 1. The lowest BCUT2D eigenvalue weighted by Crippen LogP contribution is -2.40. The molecule has 0 heterocycles. The second-order valence-corrected chi connectivity index (χ2v) is 4.14. The maximum atomic E-state index is 11.4. The Balaban J connectivity index is 2.42. The van der Waals surface area contributed by atoms with Gasteiger partial charge in [-0.3, -0.25) is 4.79 Å². The molecule has 1 rings (SSSR count). The first-order chi connectivity index (χ1) is 8.13. The van der Waals surface area contributed by atoms with Crippen LogP contribution >= 0.6 is 0 Å². The van der Waals surface area contributed by atoms with Gasteiger partial charge in [0.2, 0.25) is 0 Å². The Morgan fingerprint density at radius 3 is 2.71 bits per heavy atom. The number of ketones is 1. The van der Waals surface area contributed by atoms with E-state index < -0.39 is 6.04 Å². The van der Waals surface area contributed by atoms with E-state index in [9.17, 15) is 4.79 Å². The molecule has 1 unspecified atom stereocenters. The van der Waals surface area contributed by atoms with E-state index in [1.54, 1.807) is 0 Å².